The smallest absolute Gasteiger partial charge is 0.251 e. The highest BCUT2D eigenvalue weighted by Crippen LogP contribution is 2.28. The van der Waals surface area contributed by atoms with E-state index in [-0.39, 0.29) is 30.2 Å². The molecule has 3 rings (SSSR count). The van der Waals surface area contributed by atoms with E-state index in [4.69, 9.17) is 16.9 Å². The van der Waals surface area contributed by atoms with Gasteiger partial charge in [-0.25, -0.2) is 0 Å². The second kappa shape index (κ2) is 10.9. The summed E-state index contributed by atoms with van der Waals surface area (Å²) in [6.45, 7) is 0.891. The van der Waals surface area contributed by atoms with Crippen LogP contribution < -0.4 is 16.8 Å². The normalized spacial score (nSPS) is 19.1. The number of nitrogens with one attached hydrogen (secondary N) is 2. The maximum absolute atomic E-state index is 13.5. The Morgan fingerprint density at radius 3 is 2.34 bits per heavy atom. The van der Waals surface area contributed by atoms with Gasteiger partial charge in [-0.1, -0.05) is 42.5 Å². The number of nitrogens with zero attached hydrogens (tertiary/aromatic N) is 1. The van der Waals surface area contributed by atoms with E-state index in [1.807, 2.05) is 42.3 Å². The highest BCUT2D eigenvalue weighted by Gasteiger charge is 2.31. The Labute approximate surface area is 189 Å². The van der Waals surface area contributed by atoms with Crippen LogP contribution >= 0.6 is 0 Å². The van der Waals surface area contributed by atoms with Gasteiger partial charge < -0.3 is 21.7 Å². The van der Waals surface area contributed by atoms with Crippen LogP contribution in [0.5, 0.6) is 0 Å². The molecule has 7 nitrogen and oxygen atoms in total. The van der Waals surface area contributed by atoms with Crippen molar-refractivity contribution in [1.82, 2.24) is 10.2 Å². The topological polar surface area (TPSA) is 125 Å². The Bertz CT molecular complexity index is 938. The van der Waals surface area contributed by atoms with E-state index < -0.39 is 5.92 Å². The van der Waals surface area contributed by atoms with Gasteiger partial charge in [0, 0.05) is 30.8 Å². The third-order valence-corrected chi connectivity index (χ3v) is 6.45. The molecule has 1 atom stereocenters. The fourth-order valence-corrected chi connectivity index (χ4v) is 4.35. The van der Waals surface area contributed by atoms with Crippen molar-refractivity contribution in [3.8, 4) is 0 Å². The summed E-state index contributed by atoms with van der Waals surface area (Å²) in [5.74, 6) is -0.320. The maximum Gasteiger partial charge on any atom is 0.251 e. The molecule has 32 heavy (non-hydrogen) atoms. The first-order valence-electron chi connectivity index (χ1n) is 11.1. The van der Waals surface area contributed by atoms with Crippen molar-refractivity contribution in [2.75, 3.05) is 20.1 Å². The highest BCUT2D eigenvalue weighted by molar-refractivity contribution is 6.00. The first-order chi connectivity index (χ1) is 15.4. The molecule has 0 heterocycles. The molecule has 1 aliphatic rings. The predicted molar refractivity (Wildman–Crippen MR) is 127 cm³/mol. The number of amidine groups is 1. The van der Waals surface area contributed by atoms with Gasteiger partial charge in [0.15, 0.2) is 0 Å². The van der Waals surface area contributed by atoms with Gasteiger partial charge in [-0.15, -0.1) is 0 Å². The average Bonchev–Trinajstić information content (AvgIpc) is 2.84. The lowest BCUT2D eigenvalue weighted by molar-refractivity contribution is -0.134. The molecule has 0 bridgehead atoms. The summed E-state index contributed by atoms with van der Waals surface area (Å²) in [6, 6.07) is 16.4. The lowest BCUT2D eigenvalue weighted by atomic mass is 9.85. The van der Waals surface area contributed by atoms with Crippen LogP contribution in [0.1, 0.15) is 53.1 Å². The quantitative estimate of drug-likeness (QED) is 0.375. The number of nitrogens with two attached hydrogens (primary N) is 2. The SMILES string of the molecule is CN(C(=O)[C@@H](CNC(=O)c1cccc(C(=N)N)c1)c1ccccc1)C1CCC(CN)CC1. The first kappa shape index (κ1) is 23.5. The van der Waals surface area contributed by atoms with Gasteiger partial charge in [0.25, 0.3) is 5.91 Å². The number of benzene rings is 2. The lowest BCUT2D eigenvalue weighted by Crippen LogP contribution is -2.45. The van der Waals surface area contributed by atoms with Crippen LogP contribution in [-0.4, -0.2) is 48.7 Å². The van der Waals surface area contributed by atoms with E-state index in [1.54, 1.807) is 24.3 Å². The number of likely N-dealkylation sites (N-methyl/N-ethyl adjacent to an activating group) is 1. The Kier molecular flexibility index (Phi) is 8.00. The lowest BCUT2D eigenvalue weighted by Gasteiger charge is -2.36. The standard InChI is InChI=1S/C25H33N5O2/c1-30(21-12-10-17(15-26)11-13-21)25(32)22(18-6-3-2-4-7-18)16-29-24(31)20-9-5-8-19(14-20)23(27)28/h2-9,14,17,21-22H,10-13,15-16,26H2,1H3,(H3,27,28)(H,29,31)/t17?,21?,22-/m0/s1. The number of rotatable bonds is 8. The van der Waals surface area contributed by atoms with Gasteiger partial charge in [-0.3, -0.25) is 15.0 Å². The minimum Gasteiger partial charge on any atom is -0.384 e. The molecule has 0 unspecified atom stereocenters. The summed E-state index contributed by atoms with van der Waals surface area (Å²) in [6.07, 6.45) is 3.99. The number of amides is 2. The maximum atomic E-state index is 13.5. The number of nitrogen functional groups attached to an aromatic ring is 1. The van der Waals surface area contributed by atoms with Crippen LogP contribution in [0.25, 0.3) is 0 Å². The average molecular weight is 436 g/mol. The largest absolute Gasteiger partial charge is 0.384 e. The van der Waals surface area contributed by atoms with Gasteiger partial charge >= 0.3 is 0 Å². The van der Waals surface area contributed by atoms with E-state index in [9.17, 15) is 9.59 Å². The zero-order chi connectivity index (χ0) is 23.1. The van der Waals surface area contributed by atoms with E-state index in [0.717, 1.165) is 31.2 Å². The number of hydrogen-bond acceptors (Lipinski definition) is 4. The van der Waals surface area contributed by atoms with Crippen molar-refractivity contribution in [3.05, 3.63) is 71.3 Å². The summed E-state index contributed by atoms with van der Waals surface area (Å²) in [7, 11) is 1.86. The zero-order valence-electron chi connectivity index (χ0n) is 18.6. The van der Waals surface area contributed by atoms with E-state index in [0.29, 0.717) is 23.6 Å². The Hall–Kier alpha value is -3.19. The van der Waals surface area contributed by atoms with Crippen LogP contribution in [0.15, 0.2) is 54.6 Å². The molecule has 2 aromatic rings. The molecule has 7 heteroatoms. The molecule has 170 valence electrons. The van der Waals surface area contributed by atoms with E-state index in [2.05, 4.69) is 5.32 Å². The van der Waals surface area contributed by atoms with Crippen LogP contribution in [0, 0.1) is 11.3 Å². The zero-order valence-corrected chi connectivity index (χ0v) is 18.6. The Balaban J connectivity index is 1.72. The molecule has 0 aromatic heterocycles. The molecule has 6 N–H and O–H groups in total. The third kappa shape index (κ3) is 5.73. The van der Waals surface area contributed by atoms with E-state index >= 15 is 0 Å². The van der Waals surface area contributed by atoms with Gasteiger partial charge in [0.05, 0.1) is 5.92 Å². The van der Waals surface area contributed by atoms with E-state index in [1.165, 1.54) is 0 Å². The van der Waals surface area contributed by atoms with Gasteiger partial charge in [0.2, 0.25) is 5.91 Å². The summed E-state index contributed by atoms with van der Waals surface area (Å²) in [4.78, 5) is 28.1. The van der Waals surface area contributed by atoms with Crippen molar-refractivity contribution in [1.29, 1.82) is 5.41 Å². The van der Waals surface area contributed by atoms with Crippen molar-refractivity contribution >= 4 is 17.6 Å². The molecule has 0 aliphatic heterocycles. The predicted octanol–water partition coefficient (Wildman–Crippen LogP) is 2.46. The Morgan fingerprint density at radius 2 is 1.72 bits per heavy atom. The second-order valence-corrected chi connectivity index (χ2v) is 8.53. The summed E-state index contributed by atoms with van der Waals surface area (Å²) in [5, 5.41) is 10.5. The first-order valence-corrected chi connectivity index (χ1v) is 11.1. The molecule has 2 amide bonds. The Morgan fingerprint density at radius 1 is 1.06 bits per heavy atom. The molecule has 0 saturated heterocycles. The minimum absolute atomic E-state index is 0.00480. The fourth-order valence-electron chi connectivity index (χ4n) is 4.35. The fraction of sp³-hybridized carbons (Fsp3) is 0.400. The molecule has 1 fully saturated rings. The van der Waals surface area contributed by atoms with Crippen molar-refractivity contribution in [2.45, 2.75) is 37.6 Å². The molecular weight excluding hydrogens is 402 g/mol. The summed E-state index contributed by atoms with van der Waals surface area (Å²) < 4.78 is 0. The minimum atomic E-state index is -0.478. The van der Waals surface area contributed by atoms with Gasteiger partial charge in [-0.2, -0.15) is 0 Å². The van der Waals surface area contributed by atoms with Crippen LogP contribution in [0.3, 0.4) is 0 Å². The van der Waals surface area contributed by atoms with Crippen LogP contribution in [0.4, 0.5) is 0 Å². The molecule has 2 aromatic carbocycles. The molecule has 1 aliphatic carbocycles. The third-order valence-electron chi connectivity index (χ3n) is 6.45. The van der Waals surface area contributed by atoms with Crippen molar-refractivity contribution in [2.24, 2.45) is 17.4 Å². The van der Waals surface area contributed by atoms with Crippen LogP contribution in [-0.2, 0) is 4.79 Å². The monoisotopic (exact) mass is 435 g/mol. The van der Waals surface area contributed by atoms with Gasteiger partial charge in [-0.05, 0) is 55.8 Å². The highest BCUT2D eigenvalue weighted by atomic mass is 16.2. The van der Waals surface area contributed by atoms with Crippen molar-refractivity contribution in [3.63, 3.8) is 0 Å². The molecular formula is C25H33N5O2. The molecule has 0 spiro atoms. The molecule has 1 saturated carbocycles. The number of carbonyl (C=O) groups excluding carboxylic acids is 2. The van der Waals surface area contributed by atoms with Gasteiger partial charge in [0.1, 0.15) is 5.84 Å². The second-order valence-electron chi connectivity index (χ2n) is 8.53. The van der Waals surface area contributed by atoms with Crippen molar-refractivity contribution < 1.29 is 9.59 Å². The number of hydrogen-bond donors (Lipinski definition) is 4. The molecule has 0 radical (unpaired) electrons. The summed E-state index contributed by atoms with van der Waals surface area (Å²) in [5.41, 5.74) is 13.1. The number of carbonyl (C=O) groups is 2. The summed E-state index contributed by atoms with van der Waals surface area (Å²) >= 11 is 0. The van der Waals surface area contributed by atoms with Crippen LogP contribution in [0.2, 0.25) is 0 Å².